The molecule has 1 atom stereocenters. The lowest BCUT2D eigenvalue weighted by molar-refractivity contribution is 0.207. The first kappa shape index (κ1) is 17.5. The second kappa shape index (κ2) is 7.30. The van der Waals surface area contributed by atoms with Crippen molar-refractivity contribution in [2.75, 3.05) is 12.4 Å². The number of hydrogen-bond donors (Lipinski definition) is 1. The lowest BCUT2D eigenvalue weighted by Crippen LogP contribution is -2.34. The minimum atomic E-state index is -0.416. The third-order valence-electron chi connectivity index (χ3n) is 4.31. The molecule has 3 aromatic rings. The lowest BCUT2D eigenvalue weighted by atomic mass is 10.1. The van der Waals surface area contributed by atoms with Crippen molar-refractivity contribution in [3.8, 4) is 5.69 Å². The molecule has 1 N–H and O–H groups in total. The number of aryl methyl sites for hydroxylation is 1. The highest BCUT2D eigenvalue weighted by Gasteiger charge is 2.20. The highest BCUT2D eigenvalue weighted by molar-refractivity contribution is 5.89. The molecule has 0 spiro atoms. The van der Waals surface area contributed by atoms with Crippen LogP contribution in [-0.4, -0.2) is 38.2 Å². The number of tetrazole rings is 1. The average Bonchev–Trinajstić information content (AvgIpc) is 3.17. The molecule has 134 valence electrons. The van der Waals surface area contributed by atoms with Gasteiger partial charge in [0.05, 0.1) is 11.7 Å². The Morgan fingerprint density at radius 3 is 2.73 bits per heavy atom. The fraction of sp³-hybridized carbons (Fsp3) is 0.222. The number of rotatable bonds is 4. The number of halogens is 1. The first-order valence-corrected chi connectivity index (χ1v) is 8.09. The Morgan fingerprint density at radius 2 is 2.04 bits per heavy atom. The van der Waals surface area contributed by atoms with Gasteiger partial charge in [0.15, 0.2) is 0 Å². The van der Waals surface area contributed by atoms with Gasteiger partial charge in [0.25, 0.3) is 0 Å². The first-order chi connectivity index (χ1) is 12.5. The summed E-state index contributed by atoms with van der Waals surface area (Å²) in [6.07, 6.45) is 1.49. The zero-order valence-electron chi connectivity index (χ0n) is 14.7. The maximum absolute atomic E-state index is 14.0. The Hall–Kier alpha value is -3.29. The lowest BCUT2D eigenvalue weighted by Gasteiger charge is -2.26. The maximum Gasteiger partial charge on any atom is 0.322 e. The van der Waals surface area contributed by atoms with E-state index in [4.69, 9.17) is 0 Å². The molecular weight excluding hydrogens is 335 g/mol. The minimum absolute atomic E-state index is 0.337. The second-order valence-electron chi connectivity index (χ2n) is 5.99. The summed E-state index contributed by atoms with van der Waals surface area (Å²) >= 11 is 0. The summed E-state index contributed by atoms with van der Waals surface area (Å²) in [5, 5.41) is 13.9. The number of benzene rings is 2. The Bertz CT molecular complexity index is 912. The molecule has 0 aliphatic heterocycles. The van der Waals surface area contributed by atoms with E-state index in [1.165, 1.54) is 22.0 Å². The summed E-state index contributed by atoms with van der Waals surface area (Å²) in [6.45, 7) is 3.70. The molecule has 8 heteroatoms. The normalized spacial score (nSPS) is 11.8. The fourth-order valence-corrected chi connectivity index (χ4v) is 2.62. The SMILES string of the molecule is Cc1ccc(NC(=O)N(C)C(C)c2ccccc2F)cc1-n1cnnn1. The topological polar surface area (TPSA) is 75.9 Å². The van der Waals surface area contributed by atoms with Gasteiger partial charge in [-0.3, -0.25) is 0 Å². The zero-order valence-corrected chi connectivity index (χ0v) is 14.7. The number of carbonyl (C=O) groups is 1. The van der Waals surface area contributed by atoms with E-state index >= 15 is 0 Å². The predicted octanol–water partition coefficient (Wildman–Crippen LogP) is 3.33. The van der Waals surface area contributed by atoms with Gasteiger partial charge in [0.1, 0.15) is 12.1 Å². The van der Waals surface area contributed by atoms with Crippen LogP contribution in [0.25, 0.3) is 5.69 Å². The van der Waals surface area contributed by atoms with Gasteiger partial charge in [0.2, 0.25) is 0 Å². The summed E-state index contributed by atoms with van der Waals surface area (Å²) in [5.41, 5.74) is 2.78. The summed E-state index contributed by atoms with van der Waals surface area (Å²) in [4.78, 5) is 14.0. The monoisotopic (exact) mass is 354 g/mol. The van der Waals surface area contributed by atoms with Crippen molar-refractivity contribution < 1.29 is 9.18 Å². The van der Waals surface area contributed by atoms with Gasteiger partial charge in [-0.05, 0) is 48.0 Å². The van der Waals surface area contributed by atoms with E-state index in [0.29, 0.717) is 11.3 Å². The van der Waals surface area contributed by atoms with E-state index < -0.39 is 6.04 Å². The van der Waals surface area contributed by atoms with Crippen molar-refractivity contribution in [3.63, 3.8) is 0 Å². The Kier molecular flexibility index (Phi) is 4.92. The summed E-state index contributed by atoms with van der Waals surface area (Å²) < 4.78 is 15.5. The number of aromatic nitrogens is 4. The largest absolute Gasteiger partial charge is 0.322 e. The minimum Gasteiger partial charge on any atom is -0.321 e. The van der Waals surface area contributed by atoms with E-state index in [1.807, 2.05) is 13.0 Å². The van der Waals surface area contributed by atoms with Crippen LogP contribution in [-0.2, 0) is 0 Å². The number of amides is 2. The quantitative estimate of drug-likeness (QED) is 0.780. The third kappa shape index (κ3) is 3.53. The van der Waals surface area contributed by atoms with Gasteiger partial charge >= 0.3 is 6.03 Å². The Balaban J connectivity index is 1.77. The first-order valence-electron chi connectivity index (χ1n) is 8.09. The van der Waals surface area contributed by atoms with E-state index in [2.05, 4.69) is 20.8 Å². The van der Waals surface area contributed by atoms with Crippen molar-refractivity contribution >= 4 is 11.7 Å². The van der Waals surface area contributed by atoms with Crippen LogP contribution in [0.1, 0.15) is 24.1 Å². The van der Waals surface area contributed by atoms with Gasteiger partial charge in [-0.2, -0.15) is 0 Å². The number of anilines is 1. The summed E-state index contributed by atoms with van der Waals surface area (Å²) in [5.74, 6) is -0.337. The third-order valence-corrected chi connectivity index (χ3v) is 4.31. The van der Waals surface area contributed by atoms with Crippen LogP contribution in [0.5, 0.6) is 0 Å². The fourth-order valence-electron chi connectivity index (χ4n) is 2.62. The van der Waals surface area contributed by atoms with Crippen molar-refractivity contribution in [1.82, 2.24) is 25.1 Å². The van der Waals surface area contributed by atoms with Crippen molar-refractivity contribution in [2.24, 2.45) is 0 Å². The summed E-state index contributed by atoms with van der Waals surface area (Å²) in [6, 6.07) is 11.1. The molecule has 0 radical (unpaired) electrons. The number of nitrogens with zero attached hydrogens (tertiary/aromatic N) is 5. The van der Waals surface area contributed by atoms with E-state index in [-0.39, 0.29) is 11.8 Å². The number of nitrogens with one attached hydrogen (secondary N) is 1. The van der Waals surface area contributed by atoms with Crippen molar-refractivity contribution in [1.29, 1.82) is 0 Å². The van der Waals surface area contributed by atoms with Crippen LogP contribution < -0.4 is 5.32 Å². The van der Waals surface area contributed by atoms with Crippen LogP contribution in [0, 0.1) is 12.7 Å². The summed E-state index contributed by atoms with van der Waals surface area (Å²) in [7, 11) is 1.63. The van der Waals surface area contributed by atoms with Gasteiger partial charge in [0, 0.05) is 18.3 Å². The number of carbonyl (C=O) groups excluding carboxylic acids is 1. The van der Waals surface area contributed by atoms with Crippen molar-refractivity contribution in [2.45, 2.75) is 19.9 Å². The predicted molar refractivity (Wildman–Crippen MR) is 95.5 cm³/mol. The molecule has 1 aromatic heterocycles. The highest BCUT2D eigenvalue weighted by atomic mass is 19.1. The number of urea groups is 1. The molecule has 0 saturated carbocycles. The maximum atomic E-state index is 14.0. The van der Waals surface area contributed by atoms with Crippen LogP contribution >= 0.6 is 0 Å². The van der Waals surface area contributed by atoms with E-state index in [1.54, 1.807) is 44.3 Å². The van der Waals surface area contributed by atoms with E-state index in [9.17, 15) is 9.18 Å². The standard InChI is InChI=1S/C18H19FN6O/c1-12-8-9-14(10-17(12)25-11-20-22-23-25)21-18(26)24(3)13(2)15-6-4-5-7-16(15)19/h4-11,13H,1-3H3,(H,21,26). The Labute approximate surface area is 150 Å². The molecule has 1 heterocycles. The molecule has 26 heavy (non-hydrogen) atoms. The van der Waals surface area contributed by atoms with Gasteiger partial charge in [-0.15, -0.1) is 5.10 Å². The molecule has 2 amide bonds. The van der Waals surface area contributed by atoms with Crippen molar-refractivity contribution in [3.05, 3.63) is 65.7 Å². The van der Waals surface area contributed by atoms with Crippen LogP contribution in [0.15, 0.2) is 48.8 Å². The van der Waals surface area contributed by atoms with E-state index in [0.717, 1.165) is 11.3 Å². The molecular formula is C18H19FN6O. The highest BCUT2D eigenvalue weighted by Crippen LogP contribution is 2.23. The van der Waals surface area contributed by atoms with Gasteiger partial charge in [-0.25, -0.2) is 13.9 Å². The molecule has 1 unspecified atom stereocenters. The average molecular weight is 354 g/mol. The molecule has 3 rings (SSSR count). The molecule has 0 saturated heterocycles. The smallest absolute Gasteiger partial charge is 0.321 e. The molecule has 0 aliphatic rings. The molecule has 0 bridgehead atoms. The number of hydrogen-bond acceptors (Lipinski definition) is 4. The molecule has 0 fully saturated rings. The van der Waals surface area contributed by atoms with Crippen LogP contribution in [0.4, 0.5) is 14.9 Å². The second-order valence-corrected chi connectivity index (χ2v) is 5.99. The molecule has 7 nitrogen and oxygen atoms in total. The van der Waals surface area contributed by atoms with Gasteiger partial charge < -0.3 is 10.2 Å². The molecule has 0 aliphatic carbocycles. The zero-order chi connectivity index (χ0) is 18.7. The Morgan fingerprint density at radius 1 is 1.27 bits per heavy atom. The molecule has 2 aromatic carbocycles. The van der Waals surface area contributed by atoms with Gasteiger partial charge in [-0.1, -0.05) is 24.3 Å². The van der Waals surface area contributed by atoms with Crippen LogP contribution in [0.3, 0.4) is 0 Å². The van der Waals surface area contributed by atoms with Crippen LogP contribution in [0.2, 0.25) is 0 Å².